The molecule has 0 fully saturated rings. The molecule has 13 heavy (non-hydrogen) atoms. The molecule has 0 amide bonds. The molecule has 0 bridgehead atoms. The van der Waals surface area contributed by atoms with Gasteiger partial charge in [-0.05, 0) is 6.92 Å². The number of aromatic nitrogens is 2. The van der Waals surface area contributed by atoms with Crippen LogP contribution < -0.4 is 0 Å². The minimum absolute atomic E-state index is 0.0343. The van der Waals surface area contributed by atoms with Crippen LogP contribution in [-0.4, -0.2) is 19.9 Å². The molecule has 0 aromatic carbocycles. The number of imidazole rings is 1. The second kappa shape index (κ2) is 4.48. The van der Waals surface area contributed by atoms with Crippen molar-refractivity contribution in [3.05, 3.63) is 24.5 Å². The Kier molecular flexibility index (Phi) is 3.57. The second-order valence-corrected chi connectivity index (χ2v) is 4.15. The molecular formula is C9H14N2OS. The molecule has 0 saturated carbocycles. The molecule has 0 radical (unpaired) electrons. The number of aliphatic hydroxyl groups excluding tert-OH is 1. The summed E-state index contributed by atoms with van der Waals surface area (Å²) in [7, 11) is 1.90. The summed E-state index contributed by atoms with van der Waals surface area (Å²) >= 11 is 1.63. The Balaban J connectivity index is 2.77. The topological polar surface area (TPSA) is 38.1 Å². The highest BCUT2D eigenvalue weighted by Crippen LogP contribution is 2.22. The summed E-state index contributed by atoms with van der Waals surface area (Å²) in [5.74, 6) is 0. The molecular weight excluding hydrogens is 184 g/mol. The maximum Gasteiger partial charge on any atom is 0.168 e. The molecule has 1 heterocycles. The molecule has 0 saturated heterocycles. The molecule has 0 aliphatic rings. The van der Waals surface area contributed by atoms with Crippen molar-refractivity contribution in [3.63, 3.8) is 0 Å². The Morgan fingerprint density at radius 2 is 2.54 bits per heavy atom. The van der Waals surface area contributed by atoms with Crippen LogP contribution in [-0.2, 0) is 13.7 Å². The summed E-state index contributed by atoms with van der Waals surface area (Å²) in [4.78, 5) is 4.19. The van der Waals surface area contributed by atoms with Gasteiger partial charge in [0.2, 0.25) is 0 Å². The van der Waals surface area contributed by atoms with E-state index in [-0.39, 0.29) is 6.61 Å². The van der Waals surface area contributed by atoms with E-state index in [4.69, 9.17) is 5.11 Å². The number of hydrogen-bond donors (Lipinski definition) is 1. The van der Waals surface area contributed by atoms with E-state index in [1.165, 1.54) is 0 Å². The van der Waals surface area contributed by atoms with Crippen molar-refractivity contribution in [3.8, 4) is 0 Å². The standard InChI is InChI=1S/C9H14N2OS/c1-4-7(2)13-9-10-5-8(6-12)11(9)3/h4-5,7,12H,1,6H2,2-3H3. The van der Waals surface area contributed by atoms with Gasteiger partial charge >= 0.3 is 0 Å². The van der Waals surface area contributed by atoms with E-state index in [1.54, 1.807) is 18.0 Å². The molecule has 1 rings (SSSR count). The Hall–Kier alpha value is -0.740. The molecule has 1 N–H and O–H groups in total. The molecule has 3 nitrogen and oxygen atoms in total. The fraction of sp³-hybridized carbons (Fsp3) is 0.444. The van der Waals surface area contributed by atoms with Crippen molar-refractivity contribution >= 4 is 11.8 Å². The summed E-state index contributed by atoms with van der Waals surface area (Å²) in [6, 6.07) is 0. The van der Waals surface area contributed by atoms with E-state index in [0.717, 1.165) is 10.9 Å². The number of nitrogens with zero attached hydrogens (tertiary/aromatic N) is 2. The molecule has 0 spiro atoms. The van der Waals surface area contributed by atoms with E-state index in [9.17, 15) is 0 Å². The Labute approximate surface area is 82.5 Å². The minimum Gasteiger partial charge on any atom is -0.390 e. The minimum atomic E-state index is 0.0343. The first-order chi connectivity index (χ1) is 6.19. The van der Waals surface area contributed by atoms with Gasteiger partial charge in [0.25, 0.3) is 0 Å². The monoisotopic (exact) mass is 198 g/mol. The highest BCUT2D eigenvalue weighted by Gasteiger charge is 2.08. The quantitative estimate of drug-likeness (QED) is 0.589. The first kappa shape index (κ1) is 10.3. The lowest BCUT2D eigenvalue weighted by molar-refractivity contribution is 0.271. The molecule has 1 atom stereocenters. The van der Waals surface area contributed by atoms with Crippen molar-refractivity contribution in [2.45, 2.75) is 23.9 Å². The molecule has 4 heteroatoms. The van der Waals surface area contributed by atoms with Crippen LogP contribution in [0.3, 0.4) is 0 Å². The van der Waals surface area contributed by atoms with Crippen LogP contribution in [0.25, 0.3) is 0 Å². The number of rotatable bonds is 4. The molecule has 72 valence electrons. The van der Waals surface area contributed by atoms with Gasteiger partial charge in [0.1, 0.15) is 0 Å². The zero-order valence-electron chi connectivity index (χ0n) is 7.90. The largest absolute Gasteiger partial charge is 0.390 e. The van der Waals surface area contributed by atoms with E-state index < -0.39 is 0 Å². The zero-order valence-corrected chi connectivity index (χ0v) is 8.71. The Morgan fingerprint density at radius 3 is 3.00 bits per heavy atom. The van der Waals surface area contributed by atoms with Crippen LogP contribution >= 0.6 is 11.8 Å². The number of aliphatic hydroxyl groups is 1. The van der Waals surface area contributed by atoms with E-state index in [2.05, 4.69) is 18.5 Å². The smallest absolute Gasteiger partial charge is 0.168 e. The second-order valence-electron chi connectivity index (χ2n) is 2.81. The average molecular weight is 198 g/mol. The summed E-state index contributed by atoms with van der Waals surface area (Å²) in [6.45, 7) is 5.80. The highest BCUT2D eigenvalue weighted by atomic mass is 32.2. The van der Waals surface area contributed by atoms with Gasteiger partial charge in [0, 0.05) is 12.3 Å². The van der Waals surface area contributed by atoms with Gasteiger partial charge in [0.15, 0.2) is 5.16 Å². The average Bonchev–Trinajstić information content (AvgIpc) is 2.48. The van der Waals surface area contributed by atoms with Gasteiger partial charge in [-0.15, -0.1) is 6.58 Å². The summed E-state index contributed by atoms with van der Waals surface area (Å²) in [6.07, 6.45) is 3.57. The van der Waals surface area contributed by atoms with Crippen LogP contribution in [0.5, 0.6) is 0 Å². The van der Waals surface area contributed by atoms with Crippen molar-refractivity contribution in [2.75, 3.05) is 0 Å². The van der Waals surface area contributed by atoms with E-state index in [1.807, 2.05) is 17.7 Å². The first-order valence-corrected chi connectivity index (χ1v) is 4.97. The Morgan fingerprint density at radius 1 is 1.85 bits per heavy atom. The molecule has 0 aliphatic carbocycles. The van der Waals surface area contributed by atoms with Crippen molar-refractivity contribution in [1.29, 1.82) is 0 Å². The summed E-state index contributed by atoms with van der Waals surface area (Å²) < 4.78 is 1.89. The predicted octanol–water partition coefficient (Wildman–Crippen LogP) is 1.58. The molecule has 1 unspecified atom stereocenters. The van der Waals surface area contributed by atoms with Gasteiger partial charge in [-0.3, -0.25) is 0 Å². The van der Waals surface area contributed by atoms with Crippen molar-refractivity contribution < 1.29 is 5.11 Å². The maximum absolute atomic E-state index is 8.93. The Bertz CT molecular complexity index is 296. The van der Waals surface area contributed by atoms with E-state index in [0.29, 0.717) is 5.25 Å². The summed E-state index contributed by atoms with van der Waals surface area (Å²) in [5.41, 5.74) is 0.832. The van der Waals surface area contributed by atoms with Crippen LogP contribution in [0, 0.1) is 0 Å². The number of hydrogen-bond acceptors (Lipinski definition) is 3. The third-order valence-electron chi connectivity index (χ3n) is 1.83. The molecule has 1 aromatic rings. The van der Waals surface area contributed by atoms with Crippen LogP contribution in [0.15, 0.2) is 24.0 Å². The van der Waals surface area contributed by atoms with Crippen LogP contribution in [0.1, 0.15) is 12.6 Å². The van der Waals surface area contributed by atoms with Gasteiger partial charge in [-0.25, -0.2) is 4.98 Å². The number of thioether (sulfide) groups is 1. The normalized spacial score (nSPS) is 12.8. The highest BCUT2D eigenvalue weighted by molar-refractivity contribution is 7.99. The summed E-state index contributed by atoms with van der Waals surface area (Å²) in [5, 5.41) is 10.2. The lowest BCUT2D eigenvalue weighted by atomic mass is 10.5. The lowest BCUT2D eigenvalue weighted by Gasteiger charge is -2.06. The van der Waals surface area contributed by atoms with Gasteiger partial charge in [-0.1, -0.05) is 17.8 Å². The van der Waals surface area contributed by atoms with Gasteiger partial charge < -0.3 is 9.67 Å². The lowest BCUT2D eigenvalue weighted by Crippen LogP contribution is -1.99. The third kappa shape index (κ3) is 2.35. The fourth-order valence-corrected chi connectivity index (χ4v) is 1.71. The van der Waals surface area contributed by atoms with Crippen molar-refractivity contribution in [1.82, 2.24) is 9.55 Å². The predicted molar refractivity (Wildman–Crippen MR) is 54.6 cm³/mol. The maximum atomic E-state index is 8.93. The molecule has 0 aliphatic heterocycles. The zero-order chi connectivity index (χ0) is 9.84. The van der Waals surface area contributed by atoms with Crippen LogP contribution in [0.4, 0.5) is 0 Å². The first-order valence-electron chi connectivity index (χ1n) is 4.09. The van der Waals surface area contributed by atoms with Gasteiger partial charge in [-0.2, -0.15) is 0 Å². The van der Waals surface area contributed by atoms with Crippen molar-refractivity contribution in [2.24, 2.45) is 7.05 Å². The van der Waals surface area contributed by atoms with Crippen LogP contribution in [0.2, 0.25) is 0 Å². The van der Waals surface area contributed by atoms with Gasteiger partial charge in [0.05, 0.1) is 18.5 Å². The SMILES string of the molecule is C=CC(C)Sc1ncc(CO)n1C. The molecule has 1 aromatic heterocycles. The van der Waals surface area contributed by atoms with E-state index >= 15 is 0 Å². The third-order valence-corrected chi connectivity index (χ3v) is 2.98. The fourth-order valence-electron chi connectivity index (χ4n) is 0.897.